The number of nitrogens with one attached hydrogen (secondary N) is 1. The van der Waals surface area contributed by atoms with E-state index in [2.05, 4.69) is 4.72 Å². The van der Waals surface area contributed by atoms with Crippen LogP contribution in [0.25, 0.3) is 0 Å². The van der Waals surface area contributed by atoms with E-state index >= 15 is 0 Å². The minimum absolute atomic E-state index is 0.102. The van der Waals surface area contributed by atoms with E-state index in [0.717, 1.165) is 6.42 Å². The summed E-state index contributed by atoms with van der Waals surface area (Å²) in [7, 11) is -3.49. The average Bonchev–Trinajstić information content (AvgIpc) is 2.28. The predicted octanol–water partition coefficient (Wildman–Crippen LogP) is 1.82. The molecule has 0 saturated carbocycles. The second kappa shape index (κ2) is 5.62. The number of rotatable bonds is 5. The molecule has 0 aliphatic carbocycles. The van der Waals surface area contributed by atoms with Gasteiger partial charge in [0.1, 0.15) is 0 Å². The third kappa shape index (κ3) is 3.80. The van der Waals surface area contributed by atoms with Crippen LogP contribution in [0.15, 0.2) is 29.2 Å². The van der Waals surface area contributed by atoms with Crippen LogP contribution in [0.2, 0.25) is 0 Å². The van der Waals surface area contributed by atoms with Gasteiger partial charge < -0.3 is 5.11 Å². The van der Waals surface area contributed by atoms with E-state index in [1.54, 1.807) is 19.1 Å². The Morgan fingerprint density at radius 2 is 2.00 bits per heavy atom. The smallest absolute Gasteiger partial charge is 0.240 e. The molecule has 1 aromatic rings. The van der Waals surface area contributed by atoms with Crippen molar-refractivity contribution in [2.45, 2.75) is 44.2 Å². The maximum atomic E-state index is 12.0. The van der Waals surface area contributed by atoms with Crippen LogP contribution in [-0.2, 0) is 10.0 Å². The first-order valence-electron chi connectivity index (χ1n) is 5.67. The van der Waals surface area contributed by atoms with E-state index in [9.17, 15) is 13.5 Å². The number of hydrogen-bond acceptors (Lipinski definition) is 3. The highest BCUT2D eigenvalue weighted by Gasteiger charge is 2.17. The van der Waals surface area contributed by atoms with E-state index in [4.69, 9.17) is 0 Å². The van der Waals surface area contributed by atoms with E-state index < -0.39 is 16.1 Å². The van der Waals surface area contributed by atoms with Gasteiger partial charge >= 0.3 is 0 Å². The minimum atomic E-state index is -3.49. The summed E-state index contributed by atoms with van der Waals surface area (Å²) in [5, 5.41) is 9.43. The molecular weight excluding hydrogens is 238 g/mol. The highest BCUT2D eigenvalue weighted by atomic mass is 32.2. The Morgan fingerprint density at radius 3 is 2.53 bits per heavy atom. The van der Waals surface area contributed by atoms with Crippen molar-refractivity contribution in [1.82, 2.24) is 4.72 Å². The van der Waals surface area contributed by atoms with Crippen LogP contribution < -0.4 is 4.72 Å². The summed E-state index contributed by atoms with van der Waals surface area (Å²) < 4.78 is 26.5. The first-order valence-corrected chi connectivity index (χ1v) is 7.15. The molecule has 2 unspecified atom stereocenters. The third-order valence-corrected chi connectivity index (χ3v) is 4.21. The lowest BCUT2D eigenvalue weighted by Crippen LogP contribution is -2.32. The Kier molecular flexibility index (Phi) is 4.68. The maximum Gasteiger partial charge on any atom is 0.240 e. The summed E-state index contributed by atoms with van der Waals surface area (Å²) in [5.41, 5.74) is 0.594. The maximum absolute atomic E-state index is 12.0. The van der Waals surface area contributed by atoms with E-state index in [1.165, 1.54) is 12.1 Å². The average molecular weight is 257 g/mol. The summed E-state index contributed by atoms with van der Waals surface area (Å²) >= 11 is 0. The van der Waals surface area contributed by atoms with Gasteiger partial charge in [-0.15, -0.1) is 0 Å². The molecule has 0 heterocycles. The van der Waals surface area contributed by atoms with Crippen molar-refractivity contribution in [2.24, 2.45) is 0 Å². The Bertz CT molecular complexity index is 468. The lowest BCUT2D eigenvalue weighted by atomic mass is 10.1. The summed E-state index contributed by atoms with van der Waals surface area (Å²) in [6, 6.07) is 6.25. The van der Waals surface area contributed by atoms with Crippen LogP contribution in [0, 0.1) is 0 Å². The summed E-state index contributed by atoms with van der Waals surface area (Å²) in [6.07, 6.45) is 0.0590. The Labute approximate surface area is 103 Å². The number of hydrogen-bond donors (Lipinski definition) is 2. The van der Waals surface area contributed by atoms with Crippen LogP contribution in [-0.4, -0.2) is 19.6 Å². The molecule has 0 spiro atoms. The molecule has 96 valence electrons. The lowest BCUT2D eigenvalue weighted by Gasteiger charge is -2.13. The van der Waals surface area contributed by atoms with E-state index in [-0.39, 0.29) is 10.9 Å². The fraction of sp³-hybridized carbons (Fsp3) is 0.500. The van der Waals surface area contributed by atoms with Crippen molar-refractivity contribution in [3.63, 3.8) is 0 Å². The molecule has 2 atom stereocenters. The van der Waals surface area contributed by atoms with Gasteiger partial charge in [-0.05, 0) is 38.0 Å². The zero-order valence-electron chi connectivity index (χ0n) is 10.3. The summed E-state index contributed by atoms with van der Waals surface area (Å²) in [5.74, 6) is 0. The van der Waals surface area contributed by atoms with Gasteiger partial charge in [-0.25, -0.2) is 13.1 Å². The standard InChI is InChI=1S/C12H19NO3S/c1-4-9(2)13-17(15,16)12-7-5-6-11(8-12)10(3)14/h5-10,13-14H,4H2,1-3H3. The van der Waals surface area contributed by atoms with Gasteiger partial charge in [0.2, 0.25) is 10.0 Å². The van der Waals surface area contributed by atoms with Crippen molar-refractivity contribution in [3.8, 4) is 0 Å². The predicted molar refractivity (Wildman–Crippen MR) is 67.2 cm³/mol. The number of benzene rings is 1. The fourth-order valence-corrected chi connectivity index (χ4v) is 2.74. The molecule has 1 aromatic carbocycles. The highest BCUT2D eigenvalue weighted by Crippen LogP contribution is 2.17. The molecular formula is C12H19NO3S. The van der Waals surface area contributed by atoms with Crippen LogP contribution in [0.5, 0.6) is 0 Å². The first kappa shape index (κ1) is 14.2. The van der Waals surface area contributed by atoms with Gasteiger partial charge in [0.25, 0.3) is 0 Å². The van der Waals surface area contributed by atoms with Crippen LogP contribution in [0.4, 0.5) is 0 Å². The summed E-state index contributed by atoms with van der Waals surface area (Å²) in [4.78, 5) is 0.191. The van der Waals surface area contributed by atoms with Crippen molar-refractivity contribution >= 4 is 10.0 Å². The molecule has 0 fully saturated rings. The molecule has 0 bridgehead atoms. The quantitative estimate of drug-likeness (QED) is 0.845. The second-order valence-corrected chi connectivity index (χ2v) is 5.89. The van der Waals surface area contributed by atoms with E-state index in [0.29, 0.717) is 5.56 Å². The fourth-order valence-electron chi connectivity index (χ4n) is 1.36. The third-order valence-electron chi connectivity index (χ3n) is 2.62. The van der Waals surface area contributed by atoms with Crippen molar-refractivity contribution < 1.29 is 13.5 Å². The van der Waals surface area contributed by atoms with Gasteiger partial charge in [-0.3, -0.25) is 0 Å². The molecule has 5 heteroatoms. The Hall–Kier alpha value is -0.910. The normalized spacial score (nSPS) is 15.5. The Balaban J connectivity index is 3.03. The van der Waals surface area contributed by atoms with Crippen LogP contribution in [0.1, 0.15) is 38.9 Å². The van der Waals surface area contributed by atoms with Crippen LogP contribution >= 0.6 is 0 Å². The van der Waals surface area contributed by atoms with E-state index in [1.807, 2.05) is 13.8 Å². The molecule has 0 radical (unpaired) electrons. The van der Waals surface area contributed by atoms with Gasteiger partial charge in [-0.1, -0.05) is 19.1 Å². The van der Waals surface area contributed by atoms with Crippen molar-refractivity contribution in [3.05, 3.63) is 29.8 Å². The summed E-state index contributed by atoms with van der Waals surface area (Å²) in [6.45, 7) is 5.34. The SMILES string of the molecule is CCC(C)NS(=O)(=O)c1cccc(C(C)O)c1. The molecule has 17 heavy (non-hydrogen) atoms. The number of aliphatic hydroxyl groups is 1. The molecule has 0 aliphatic rings. The molecule has 2 N–H and O–H groups in total. The number of aliphatic hydroxyl groups excluding tert-OH is 1. The number of sulfonamides is 1. The van der Waals surface area contributed by atoms with Gasteiger partial charge in [0.15, 0.2) is 0 Å². The molecule has 0 aliphatic heterocycles. The second-order valence-electron chi connectivity index (χ2n) is 4.18. The minimum Gasteiger partial charge on any atom is -0.389 e. The molecule has 0 amide bonds. The van der Waals surface area contributed by atoms with Crippen LogP contribution in [0.3, 0.4) is 0 Å². The zero-order chi connectivity index (χ0) is 13.1. The zero-order valence-corrected chi connectivity index (χ0v) is 11.2. The molecule has 1 rings (SSSR count). The molecule has 4 nitrogen and oxygen atoms in total. The van der Waals surface area contributed by atoms with Gasteiger partial charge in [-0.2, -0.15) is 0 Å². The Morgan fingerprint density at radius 1 is 1.35 bits per heavy atom. The first-order chi connectivity index (χ1) is 7.86. The van der Waals surface area contributed by atoms with Gasteiger partial charge in [0, 0.05) is 6.04 Å². The lowest BCUT2D eigenvalue weighted by molar-refractivity contribution is 0.199. The topological polar surface area (TPSA) is 66.4 Å². The van der Waals surface area contributed by atoms with Crippen molar-refractivity contribution in [1.29, 1.82) is 0 Å². The molecule has 0 saturated heterocycles. The highest BCUT2D eigenvalue weighted by molar-refractivity contribution is 7.89. The van der Waals surface area contributed by atoms with Gasteiger partial charge in [0.05, 0.1) is 11.0 Å². The monoisotopic (exact) mass is 257 g/mol. The van der Waals surface area contributed by atoms with Crippen molar-refractivity contribution in [2.75, 3.05) is 0 Å². The molecule has 0 aromatic heterocycles. The largest absolute Gasteiger partial charge is 0.389 e.